The molecule has 0 saturated heterocycles. The van der Waals surface area contributed by atoms with Gasteiger partial charge in [0.05, 0.1) is 17.9 Å². The van der Waals surface area contributed by atoms with Gasteiger partial charge in [-0.05, 0) is 31.2 Å². The first kappa shape index (κ1) is 27.8. The third kappa shape index (κ3) is 5.18. The fourth-order valence-electron chi connectivity index (χ4n) is 4.79. The van der Waals surface area contributed by atoms with E-state index in [-0.39, 0.29) is 5.69 Å². The molecule has 0 aliphatic heterocycles. The first-order chi connectivity index (χ1) is 16.6. The fourth-order valence-corrected chi connectivity index (χ4v) is 6.30. The summed E-state index contributed by atoms with van der Waals surface area (Å²) in [5.74, 6) is -0.760. The number of rotatable bonds is 6. The lowest BCUT2D eigenvalue weighted by Gasteiger charge is -2.43. The van der Waals surface area contributed by atoms with Crippen molar-refractivity contribution in [2.75, 3.05) is 11.2 Å². The SMILES string of the molecule is Bc1c(B)c(B)c(C(B)(B)N(c2ccc(C#N)cc2)c2nc(C(=O)NS(C)(=O)=O)c(C)s2)c(B)c1B. The number of anilines is 2. The highest BCUT2D eigenvalue weighted by Crippen LogP contribution is 2.38. The minimum atomic E-state index is -3.73. The molecule has 0 saturated carbocycles. The van der Waals surface area contributed by atoms with Crippen LogP contribution in [-0.2, 0) is 15.4 Å². The fraction of sp³-hybridized carbons (Fsp3) is 0.150. The summed E-state index contributed by atoms with van der Waals surface area (Å²) in [5, 5.41) is 9.25. The van der Waals surface area contributed by atoms with E-state index in [2.05, 4.69) is 70.9 Å². The summed E-state index contributed by atoms with van der Waals surface area (Å²) in [4.78, 5) is 20.0. The summed E-state index contributed by atoms with van der Waals surface area (Å²) in [6, 6.07) is 9.39. The normalized spacial score (nSPS) is 11.6. The number of amides is 1. The van der Waals surface area contributed by atoms with Crippen LogP contribution < -0.4 is 36.9 Å². The van der Waals surface area contributed by atoms with Crippen LogP contribution in [0.2, 0.25) is 0 Å². The third-order valence-electron chi connectivity index (χ3n) is 6.90. The Kier molecular flexibility index (Phi) is 7.68. The molecule has 0 unspecified atom stereocenters. The topological polar surface area (TPSA) is 103 Å². The van der Waals surface area contributed by atoms with Gasteiger partial charge in [0.25, 0.3) is 5.91 Å². The predicted octanol–water partition coefficient (Wildman–Crippen LogP) is -7.48. The summed E-state index contributed by atoms with van der Waals surface area (Å²) in [5.41, 5.74) is 8.65. The van der Waals surface area contributed by atoms with Gasteiger partial charge in [0.2, 0.25) is 10.0 Å². The minimum absolute atomic E-state index is 0.0691. The van der Waals surface area contributed by atoms with Crippen molar-refractivity contribution in [1.29, 1.82) is 5.26 Å². The highest BCUT2D eigenvalue weighted by atomic mass is 32.2. The number of benzene rings is 2. The molecule has 3 rings (SSSR count). The second kappa shape index (κ2) is 9.94. The van der Waals surface area contributed by atoms with Gasteiger partial charge in [-0.3, -0.25) is 4.79 Å². The molecule has 2 aromatic carbocycles. The number of aromatic nitrogens is 1. The molecule has 16 heteroatoms. The van der Waals surface area contributed by atoms with Gasteiger partial charge >= 0.3 is 0 Å². The predicted molar refractivity (Wildman–Crippen MR) is 169 cm³/mol. The van der Waals surface area contributed by atoms with Crippen LogP contribution in [0.15, 0.2) is 24.3 Å². The van der Waals surface area contributed by atoms with E-state index in [0.29, 0.717) is 15.6 Å². The maximum Gasteiger partial charge on any atom is 0.284 e. The number of carbonyl (C=O) groups is 1. The molecule has 0 fully saturated rings. The van der Waals surface area contributed by atoms with Gasteiger partial charge in [0, 0.05) is 15.9 Å². The van der Waals surface area contributed by atoms with Gasteiger partial charge in [0.1, 0.15) is 60.6 Å². The van der Waals surface area contributed by atoms with E-state index < -0.39 is 21.3 Å². The average molecular weight is 509 g/mol. The van der Waals surface area contributed by atoms with Crippen molar-refractivity contribution < 1.29 is 13.2 Å². The number of nitrogens with zero attached hydrogens (tertiary/aromatic N) is 3. The Labute approximate surface area is 223 Å². The van der Waals surface area contributed by atoms with E-state index in [1.54, 1.807) is 19.1 Å². The molecule has 1 N–H and O–H groups in total. The zero-order valence-corrected chi connectivity index (χ0v) is 23.8. The van der Waals surface area contributed by atoms with Gasteiger partial charge in [-0.15, -0.1) is 27.7 Å². The molecule has 7 nitrogen and oxygen atoms in total. The molecule has 0 aliphatic rings. The Bertz CT molecular complexity index is 1490. The van der Waals surface area contributed by atoms with Crippen molar-refractivity contribution in [3.63, 3.8) is 0 Å². The molecule has 0 aliphatic carbocycles. The lowest BCUT2D eigenvalue weighted by Crippen LogP contribution is -2.62. The van der Waals surface area contributed by atoms with Crippen LogP contribution in [0.1, 0.15) is 26.5 Å². The smallest absolute Gasteiger partial charge is 0.284 e. The first-order valence-corrected chi connectivity index (χ1v) is 14.2. The summed E-state index contributed by atoms with van der Waals surface area (Å²) in [6.07, 6.45) is 0.938. The zero-order valence-electron chi connectivity index (χ0n) is 22.2. The van der Waals surface area contributed by atoms with Gasteiger partial charge in [-0.2, -0.15) is 5.26 Å². The minimum Gasteiger partial charge on any atom is -0.324 e. The molecule has 1 heterocycles. The van der Waals surface area contributed by atoms with Crippen molar-refractivity contribution in [2.45, 2.75) is 12.3 Å². The Morgan fingerprint density at radius 2 is 1.53 bits per heavy atom. The maximum absolute atomic E-state index is 12.7. The molecule has 36 heavy (non-hydrogen) atoms. The van der Waals surface area contributed by atoms with Gasteiger partial charge < -0.3 is 4.90 Å². The van der Waals surface area contributed by atoms with Gasteiger partial charge in [0.15, 0.2) is 5.13 Å². The number of thiazole rings is 1. The maximum atomic E-state index is 12.7. The lowest BCUT2D eigenvalue weighted by molar-refractivity contribution is 0.0977. The van der Waals surface area contributed by atoms with Crippen LogP contribution in [0, 0.1) is 18.3 Å². The molecule has 1 aromatic heterocycles. The molecule has 0 spiro atoms. The summed E-state index contributed by atoms with van der Waals surface area (Å²) in [7, 11) is 11.1. The summed E-state index contributed by atoms with van der Waals surface area (Å²) in [6.45, 7) is 1.75. The number of aryl methyl sites for hydroxylation is 1. The molecular formula is C20H25B7N4O3S2. The Morgan fingerprint density at radius 1 is 1.03 bits per heavy atom. The highest BCUT2D eigenvalue weighted by molar-refractivity contribution is 7.89. The Balaban J connectivity index is 2.30. The molecule has 0 atom stereocenters. The standard InChI is InChI=1S/C20H25B7N4O3S2/c1-8-17(18(32)30-36(2,33)34)29-19(35-8)31(10-5-3-9(7-28)4-6-10)20(26,27)11-12(21)14(23)16(25)15(24)13(11)22/h3-6H,21-27H2,1-2H3,(H,30,32). The Morgan fingerprint density at radius 3 is 2.00 bits per heavy atom. The molecule has 1 amide bonds. The monoisotopic (exact) mass is 510 g/mol. The average Bonchev–Trinajstić information content (AvgIpc) is 3.16. The van der Waals surface area contributed by atoms with Crippen molar-refractivity contribution in [3.05, 3.63) is 46.0 Å². The number of nitrogens with one attached hydrogen (secondary N) is 1. The third-order valence-corrected chi connectivity index (χ3v) is 8.41. The van der Waals surface area contributed by atoms with Crippen LogP contribution in [0.5, 0.6) is 0 Å². The largest absolute Gasteiger partial charge is 0.324 e. The van der Waals surface area contributed by atoms with Crippen molar-refractivity contribution >= 4 is 120 Å². The number of sulfonamides is 1. The second-order valence-corrected chi connectivity index (χ2v) is 12.6. The summed E-state index contributed by atoms with van der Waals surface area (Å²) < 4.78 is 25.3. The van der Waals surface area contributed by atoms with Crippen molar-refractivity contribution in [1.82, 2.24) is 9.71 Å². The number of hydrogen-bond acceptors (Lipinski definition) is 7. The first-order valence-electron chi connectivity index (χ1n) is 11.5. The van der Waals surface area contributed by atoms with Gasteiger partial charge in [-0.1, -0.05) is 16.5 Å². The van der Waals surface area contributed by atoms with Crippen LogP contribution in [0.3, 0.4) is 0 Å². The van der Waals surface area contributed by atoms with E-state index in [4.69, 9.17) is 0 Å². The lowest BCUT2D eigenvalue weighted by atomic mass is 9.48. The molecule has 3 aromatic rings. The zero-order chi connectivity index (χ0) is 27.2. The highest BCUT2D eigenvalue weighted by Gasteiger charge is 2.36. The molecule has 0 radical (unpaired) electrons. The van der Waals surface area contributed by atoms with Crippen molar-refractivity contribution in [2.24, 2.45) is 0 Å². The van der Waals surface area contributed by atoms with E-state index in [9.17, 15) is 18.5 Å². The van der Waals surface area contributed by atoms with E-state index in [1.807, 2.05) is 16.9 Å². The number of hydrogen-bond donors (Lipinski definition) is 1. The van der Waals surface area contributed by atoms with Crippen LogP contribution >= 0.6 is 11.3 Å². The number of carbonyl (C=O) groups excluding carboxylic acids is 1. The Hall–Kier alpha value is -2.77. The van der Waals surface area contributed by atoms with E-state index in [1.165, 1.54) is 38.7 Å². The second-order valence-electron chi connectivity index (χ2n) is 9.66. The van der Waals surface area contributed by atoms with Crippen LogP contribution in [-0.4, -0.2) is 80.5 Å². The summed E-state index contributed by atoms with van der Waals surface area (Å²) >= 11 is 1.32. The number of nitriles is 1. The molecule has 176 valence electrons. The van der Waals surface area contributed by atoms with Crippen LogP contribution in [0.4, 0.5) is 10.8 Å². The van der Waals surface area contributed by atoms with Crippen molar-refractivity contribution in [3.8, 4) is 6.07 Å². The van der Waals surface area contributed by atoms with E-state index in [0.717, 1.165) is 17.5 Å². The molecular weight excluding hydrogens is 484 g/mol. The molecule has 0 bridgehead atoms. The van der Waals surface area contributed by atoms with Crippen LogP contribution in [0.25, 0.3) is 0 Å². The van der Waals surface area contributed by atoms with Gasteiger partial charge in [-0.25, -0.2) is 18.1 Å². The quantitative estimate of drug-likeness (QED) is 0.332. The van der Waals surface area contributed by atoms with E-state index >= 15 is 0 Å².